The van der Waals surface area contributed by atoms with Crippen molar-refractivity contribution < 1.29 is 14.2 Å². The van der Waals surface area contributed by atoms with Crippen LogP contribution in [-0.2, 0) is 10.3 Å². The Morgan fingerprint density at radius 3 is 1.90 bits per heavy atom. The number of rotatable bonds is 11. The Morgan fingerprint density at radius 2 is 1.45 bits per heavy atom. The summed E-state index contributed by atoms with van der Waals surface area (Å²) < 4.78 is 17.9. The van der Waals surface area contributed by atoms with Gasteiger partial charge in [-0.25, -0.2) is 0 Å². The van der Waals surface area contributed by atoms with E-state index in [1.165, 1.54) is 19.3 Å². The number of benzene rings is 2. The summed E-state index contributed by atoms with van der Waals surface area (Å²) in [6.45, 7) is 4.45. The van der Waals surface area contributed by atoms with Gasteiger partial charge in [0.1, 0.15) is 17.1 Å². The molecule has 31 heavy (non-hydrogen) atoms. The average Bonchev–Trinajstić information content (AvgIpc) is 2.83. The lowest BCUT2D eigenvalue weighted by atomic mass is 9.73. The predicted octanol–water partition coefficient (Wildman–Crippen LogP) is 7.07. The van der Waals surface area contributed by atoms with Crippen molar-refractivity contribution in [1.82, 2.24) is 0 Å². The van der Waals surface area contributed by atoms with Crippen LogP contribution in [0.4, 0.5) is 0 Å². The first-order chi connectivity index (χ1) is 15.1. The van der Waals surface area contributed by atoms with Gasteiger partial charge in [0.25, 0.3) is 0 Å². The minimum absolute atomic E-state index is 0.134. The highest BCUT2D eigenvalue weighted by Crippen LogP contribution is 2.46. The third kappa shape index (κ3) is 5.40. The Balaban J connectivity index is 2.10. The summed E-state index contributed by atoms with van der Waals surface area (Å²) in [5.74, 6) is 1.89. The van der Waals surface area contributed by atoms with E-state index in [1.54, 1.807) is 14.2 Å². The first-order valence-corrected chi connectivity index (χ1v) is 11.4. The molecule has 2 atom stereocenters. The second-order valence-corrected chi connectivity index (χ2v) is 8.27. The molecule has 0 spiro atoms. The number of hydrogen-bond acceptors (Lipinski definition) is 3. The molecule has 1 aliphatic carbocycles. The molecular weight excluding hydrogens is 384 g/mol. The topological polar surface area (TPSA) is 27.7 Å². The molecule has 0 fully saturated rings. The Morgan fingerprint density at radius 1 is 0.871 bits per heavy atom. The SMILES string of the molecule is CCCCC[C@@H](C)OC(c1ccc(OC)cc1)(c1ccc(OC)cc1)C1C=CC=CC1. The molecule has 3 nitrogen and oxygen atoms in total. The van der Waals surface area contributed by atoms with Crippen LogP contribution in [0, 0.1) is 5.92 Å². The molecule has 3 rings (SSSR count). The van der Waals surface area contributed by atoms with Crippen LogP contribution in [0.1, 0.15) is 57.1 Å². The molecule has 0 aromatic heterocycles. The Hall–Kier alpha value is -2.52. The number of methoxy groups -OCH3 is 2. The van der Waals surface area contributed by atoms with Gasteiger partial charge in [-0.15, -0.1) is 0 Å². The first-order valence-electron chi connectivity index (χ1n) is 11.4. The standard InChI is InChI=1S/C28H36O3/c1-5-6-8-11-22(2)31-28(23-12-9-7-10-13-23,24-14-18-26(29-3)19-15-24)25-16-20-27(30-4)21-17-25/h7,9-10,12,14-23H,5-6,8,11,13H2,1-4H3/t22-,23?/m1/s1. The van der Waals surface area contributed by atoms with Gasteiger partial charge < -0.3 is 14.2 Å². The zero-order chi connectivity index (χ0) is 22.1. The zero-order valence-corrected chi connectivity index (χ0v) is 19.3. The lowest BCUT2D eigenvalue weighted by molar-refractivity contribution is -0.0932. The van der Waals surface area contributed by atoms with E-state index in [-0.39, 0.29) is 12.0 Å². The summed E-state index contributed by atoms with van der Waals surface area (Å²) in [6, 6.07) is 16.7. The van der Waals surface area contributed by atoms with E-state index in [1.807, 2.05) is 24.3 Å². The zero-order valence-electron chi connectivity index (χ0n) is 19.3. The minimum Gasteiger partial charge on any atom is -0.497 e. The third-order valence-corrected chi connectivity index (χ3v) is 6.14. The maximum absolute atomic E-state index is 7.08. The van der Waals surface area contributed by atoms with Gasteiger partial charge in [-0.2, -0.15) is 0 Å². The quantitative estimate of drug-likeness (QED) is 0.364. The minimum atomic E-state index is -0.592. The van der Waals surface area contributed by atoms with Crippen molar-refractivity contribution in [1.29, 1.82) is 0 Å². The molecule has 1 unspecified atom stereocenters. The smallest absolute Gasteiger partial charge is 0.125 e. The van der Waals surface area contributed by atoms with Gasteiger partial charge in [0, 0.05) is 5.92 Å². The fourth-order valence-electron chi connectivity index (χ4n) is 4.44. The summed E-state index contributed by atoms with van der Waals surface area (Å²) in [7, 11) is 3.40. The maximum Gasteiger partial charge on any atom is 0.125 e. The lowest BCUT2D eigenvalue weighted by Gasteiger charge is -2.43. The van der Waals surface area contributed by atoms with Crippen molar-refractivity contribution in [2.24, 2.45) is 5.92 Å². The first kappa shape index (κ1) is 23.1. The van der Waals surface area contributed by atoms with Crippen LogP contribution in [0.5, 0.6) is 11.5 Å². The molecule has 0 saturated heterocycles. The number of unbranched alkanes of at least 4 members (excludes halogenated alkanes) is 2. The number of ether oxygens (including phenoxy) is 3. The predicted molar refractivity (Wildman–Crippen MR) is 128 cm³/mol. The molecule has 0 N–H and O–H groups in total. The van der Waals surface area contributed by atoms with Gasteiger partial charge in [0.05, 0.1) is 20.3 Å². The normalized spacial score (nSPS) is 16.8. The van der Waals surface area contributed by atoms with Crippen LogP contribution >= 0.6 is 0 Å². The Bertz CT molecular complexity index is 801. The monoisotopic (exact) mass is 420 g/mol. The molecule has 1 aliphatic rings. The molecule has 0 saturated carbocycles. The molecule has 0 radical (unpaired) electrons. The van der Waals surface area contributed by atoms with Crippen molar-refractivity contribution in [2.75, 3.05) is 14.2 Å². The van der Waals surface area contributed by atoms with Crippen LogP contribution in [0.15, 0.2) is 72.8 Å². The van der Waals surface area contributed by atoms with Gasteiger partial charge in [-0.1, -0.05) is 74.8 Å². The highest BCUT2D eigenvalue weighted by Gasteiger charge is 2.43. The summed E-state index contributed by atoms with van der Waals surface area (Å²) in [5, 5.41) is 0. The number of allylic oxidation sites excluding steroid dienone is 3. The fraction of sp³-hybridized carbons (Fsp3) is 0.429. The summed E-state index contributed by atoms with van der Waals surface area (Å²) in [4.78, 5) is 0. The molecule has 0 heterocycles. The largest absolute Gasteiger partial charge is 0.497 e. The molecule has 2 aromatic rings. The van der Waals surface area contributed by atoms with Gasteiger partial charge in [0.15, 0.2) is 0 Å². The van der Waals surface area contributed by atoms with Gasteiger partial charge in [-0.05, 0) is 55.2 Å². The van der Waals surface area contributed by atoms with Gasteiger partial charge in [-0.3, -0.25) is 0 Å². The Kier molecular flexibility index (Phi) is 8.36. The van der Waals surface area contributed by atoms with Crippen LogP contribution in [0.2, 0.25) is 0 Å². The van der Waals surface area contributed by atoms with Crippen molar-refractivity contribution in [3.8, 4) is 11.5 Å². The van der Waals surface area contributed by atoms with E-state index in [4.69, 9.17) is 14.2 Å². The van der Waals surface area contributed by atoms with E-state index >= 15 is 0 Å². The van der Waals surface area contributed by atoms with Crippen LogP contribution < -0.4 is 9.47 Å². The summed E-state index contributed by atoms with van der Waals surface area (Å²) in [6.07, 6.45) is 14.5. The molecular formula is C28H36O3. The average molecular weight is 421 g/mol. The van der Waals surface area contributed by atoms with E-state index in [2.05, 4.69) is 62.4 Å². The van der Waals surface area contributed by atoms with E-state index in [0.29, 0.717) is 0 Å². The number of hydrogen-bond donors (Lipinski definition) is 0. The van der Waals surface area contributed by atoms with E-state index in [0.717, 1.165) is 35.5 Å². The highest BCUT2D eigenvalue weighted by molar-refractivity contribution is 5.44. The van der Waals surface area contributed by atoms with Crippen molar-refractivity contribution in [3.05, 3.63) is 84.0 Å². The van der Waals surface area contributed by atoms with Gasteiger partial charge >= 0.3 is 0 Å². The lowest BCUT2D eigenvalue weighted by Crippen LogP contribution is -2.41. The van der Waals surface area contributed by atoms with Crippen molar-refractivity contribution in [2.45, 2.75) is 57.7 Å². The molecule has 0 aliphatic heterocycles. The van der Waals surface area contributed by atoms with Crippen LogP contribution in [0.3, 0.4) is 0 Å². The molecule has 0 bridgehead atoms. The fourth-order valence-corrected chi connectivity index (χ4v) is 4.44. The van der Waals surface area contributed by atoms with E-state index < -0.39 is 5.60 Å². The Labute approximate surface area is 187 Å². The summed E-state index contributed by atoms with van der Waals surface area (Å²) >= 11 is 0. The highest BCUT2D eigenvalue weighted by atomic mass is 16.5. The second-order valence-electron chi connectivity index (χ2n) is 8.27. The van der Waals surface area contributed by atoms with Crippen molar-refractivity contribution >= 4 is 0 Å². The molecule has 166 valence electrons. The summed E-state index contributed by atoms with van der Waals surface area (Å²) in [5.41, 5.74) is 1.70. The molecule has 3 heteroatoms. The third-order valence-electron chi connectivity index (χ3n) is 6.14. The van der Waals surface area contributed by atoms with Crippen molar-refractivity contribution in [3.63, 3.8) is 0 Å². The second kappa shape index (κ2) is 11.2. The van der Waals surface area contributed by atoms with Crippen LogP contribution in [-0.4, -0.2) is 20.3 Å². The maximum atomic E-state index is 7.08. The van der Waals surface area contributed by atoms with E-state index in [9.17, 15) is 0 Å². The van der Waals surface area contributed by atoms with Gasteiger partial charge in [0.2, 0.25) is 0 Å². The van der Waals surface area contributed by atoms with Crippen LogP contribution in [0.25, 0.3) is 0 Å². The molecule has 2 aromatic carbocycles. The molecule has 0 amide bonds.